The molecule has 0 atom stereocenters. The van der Waals surface area contributed by atoms with Gasteiger partial charge in [0.25, 0.3) is 0 Å². The first-order valence-corrected chi connectivity index (χ1v) is 4.65. The molecule has 0 unspecified atom stereocenters. The van der Waals surface area contributed by atoms with Crippen LogP contribution in [0.15, 0.2) is 12.7 Å². The zero-order chi connectivity index (χ0) is 9.99. The van der Waals surface area contributed by atoms with Gasteiger partial charge in [0.05, 0.1) is 0 Å². The van der Waals surface area contributed by atoms with E-state index in [-0.39, 0.29) is 78.3 Å². The second-order valence-corrected chi connectivity index (χ2v) is 5.44. The Balaban J connectivity index is -0.000000202. The normalized spacial score (nSPS) is 10.9. The Morgan fingerprint density at radius 1 is 1.07 bits per heavy atom. The van der Waals surface area contributed by atoms with Gasteiger partial charge in [-0.15, -0.1) is 18.1 Å². The second kappa shape index (κ2) is 9.93. The Hall–Kier alpha value is 1.95. The van der Waals surface area contributed by atoms with Crippen LogP contribution in [0.2, 0.25) is 0 Å². The molecule has 0 spiro atoms. The van der Waals surface area contributed by atoms with Crippen LogP contribution in [0.3, 0.4) is 0 Å². The van der Waals surface area contributed by atoms with Gasteiger partial charge >= 0.3 is 0 Å². The molecule has 0 aliphatic carbocycles. The van der Waals surface area contributed by atoms with E-state index < -0.39 is 0 Å². The summed E-state index contributed by atoms with van der Waals surface area (Å²) < 4.78 is 0. The van der Waals surface area contributed by atoms with E-state index in [1.807, 2.05) is 6.08 Å². The molecule has 0 saturated heterocycles. The van der Waals surface area contributed by atoms with Gasteiger partial charge in [-0.2, -0.15) is 13.3 Å². The van der Waals surface area contributed by atoms with E-state index in [4.69, 9.17) is 0 Å². The molecule has 2 radical (unpaired) electrons. The van der Waals surface area contributed by atoms with Crippen molar-refractivity contribution in [1.82, 2.24) is 0 Å². The number of rotatable bonds is 3. The van der Waals surface area contributed by atoms with Crippen LogP contribution in [0.25, 0.3) is 0 Å². The predicted octanol–water partition coefficient (Wildman–Crippen LogP) is 4.67. The third-order valence-electron chi connectivity index (χ3n) is 2.41. The van der Waals surface area contributed by atoms with Crippen LogP contribution >= 0.6 is 0 Å². The molecule has 0 aliphatic heterocycles. The van der Waals surface area contributed by atoms with Crippen LogP contribution in [0.5, 0.6) is 0 Å². The molecule has 0 fully saturated rings. The summed E-state index contributed by atoms with van der Waals surface area (Å²) in [7, 11) is 0. The summed E-state index contributed by atoms with van der Waals surface area (Å²) in [5.74, 6) is 1.52. The van der Waals surface area contributed by atoms with E-state index in [1.165, 1.54) is 12.3 Å². The van der Waals surface area contributed by atoms with Gasteiger partial charge in [0.2, 0.25) is 0 Å². The van der Waals surface area contributed by atoms with Gasteiger partial charge in [-0.05, 0) is 0 Å². The fraction of sp³-hybridized carbons (Fsp3) is 0.692. The first-order valence-electron chi connectivity index (χ1n) is 4.65. The second-order valence-electron chi connectivity index (χ2n) is 5.44. The van der Waals surface area contributed by atoms with Crippen molar-refractivity contribution in [2.24, 2.45) is 10.8 Å². The van der Waals surface area contributed by atoms with Gasteiger partial charge < -0.3 is 13.3 Å². The molecule has 0 nitrogen and oxygen atoms in total. The topological polar surface area (TPSA) is 0 Å². The first-order chi connectivity index (χ1) is 5.19. The molecule has 2 heteroatoms. The van der Waals surface area contributed by atoms with E-state index in [9.17, 15) is 0 Å². The van der Waals surface area contributed by atoms with Crippen molar-refractivity contribution < 1.29 is 65.4 Å². The van der Waals surface area contributed by atoms with Crippen molar-refractivity contribution in [1.29, 1.82) is 0 Å². The average Bonchev–Trinajstić information content (AvgIpc) is 1.84. The molecule has 0 saturated carbocycles. The molecule has 0 amide bonds. The minimum absolute atomic E-state index is 0. The van der Waals surface area contributed by atoms with E-state index in [0.29, 0.717) is 5.41 Å². The maximum atomic E-state index is 3.86. The fourth-order valence-electron chi connectivity index (χ4n) is 1.20. The fourth-order valence-corrected chi connectivity index (χ4v) is 1.20. The Morgan fingerprint density at radius 2 is 1.40 bits per heavy atom. The predicted molar refractivity (Wildman–Crippen MR) is 63.4 cm³/mol. The zero-order valence-electron chi connectivity index (χ0n) is 11.6. The van der Waals surface area contributed by atoms with Crippen LogP contribution < -0.4 is 0 Å². The van der Waals surface area contributed by atoms with Crippen molar-refractivity contribution in [3.05, 3.63) is 26.0 Å². The molecule has 0 aromatic heterocycles. The number of hydrogen-bond donors (Lipinski definition) is 0. The molecule has 0 bridgehead atoms. The SMILES string of the molecule is C=CC(C)(C)[C-](C)CC(C)(C)C.[CH3-].[Y].[Y]. The van der Waals surface area contributed by atoms with Crippen LogP contribution in [0.1, 0.15) is 48.0 Å². The van der Waals surface area contributed by atoms with Crippen molar-refractivity contribution in [2.75, 3.05) is 0 Å². The van der Waals surface area contributed by atoms with E-state index >= 15 is 0 Å². The van der Waals surface area contributed by atoms with Crippen molar-refractivity contribution >= 4 is 0 Å². The minimum Gasteiger partial charge on any atom is -0.358 e. The molecule has 0 aromatic carbocycles. The van der Waals surface area contributed by atoms with E-state index in [2.05, 4.69) is 48.1 Å². The van der Waals surface area contributed by atoms with Gasteiger partial charge in [-0.25, -0.2) is 0 Å². The van der Waals surface area contributed by atoms with Crippen LogP contribution in [-0.2, 0) is 65.4 Å². The maximum absolute atomic E-state index is 3.86. The summed E-state index contributed by atoms with van der Waals surface area (Å²) in [6.07, 6.45) is 3.21. The van der Waals surface area contributed by atoms with Gasteiger partial charge in [0.1, 0.15) is 0 Å². The maximum Gasteiger partial charge on any atom is 0 e. The van der Waals surface area contributed by atoms with Crippen LogP contribution in [-0.4, -0.2) is 0 Å². The molecule has 0 heterocycles. The van der Waals surface area contributed by atoms with Gasteiger partial charge in [0.15, 0.2) is 0 Å². The van der Waals surface area contributed by atoms with E-state index in [1.54, 1.807) is 0 Å². The summed E-state index contributed by atoms with van der Waals surface area (Å²) in [5.41, 5.74) is 0.581. The quantitative estimate of drug-likeness (QED) is 0.507. The zero-order valence-corrected chi connectivity index (χ0v) is 17.3. The molecular formula is C13H26Y2-2. The number of allylic oxidation sites excluding steroid dienone is 1. The summed E-state index contributed by atoms with van der Waals surface area (Å²) in [4.78, 5) is 0. The monoisotopic (exact) mass is 360 g/mol. The number of hydrogen-bond acceptors (Lipinski definition) is 0. The summed E-state index contributed by atoms with van der Waals surface area (Å²) >= 11 is 0. The smallest absolute Gasteiger partial charge is 0 e. The van der Waals surface area contributed by atoms with Crippen LogP contribution in [0, 0.1) is 24.2 Å². The molecule has 15 heavy (non-hydrogen) atoms. The van der Waals surface area contributed by atoms with Crippen LogP contribution in [0.4, 0.5) is 0 Å². The standard InChI is InChI=1S/C12H23.CH3.2Y/c1-8-12(6,7)10(2)9-11(3,4)5;;;/h8H,1,9H2,2-7H3;1H3;;/q2*-1;;. The van der Waals surface area contributed by atoms with Gasteiger partial charge in [-0.1, -0.05) is 40.0 Å². The first kappa shape index (κ1) is 25.7. The minimum atomic E-state index is 0. The molecule has 0 aliphatic rings. The molecule has 0 aromatic rings. The molecule has 86 valence electrons. The third kappa shape index (κ3) is 12.2. The van der Waals surface area contributed by atoms with Crippen molar-refractivity contribution in [3.8, 4) is 0 Å². The third-order valence-corrected chi connectivity index (χ3v) is 2.41. The Morgan fingerprint density at radius 3 is 1.60 bits per heavy atom. The van der Waals surface area contributed by atoms with E-state index in [0.717, 1.165) is 0 Å². The summed E-state index contributed by atoms with van der Waals surface area (Å²) in [6, 6.07) is 0. The summed E-state index contributed by atoms with van der Waals surface area (Å²) in [6.45, 7) is 17.4. The van der Waals surface area contributed by atoms with Gasteiger partial charge in [0, 0.05) is 65.4 Å². The van der Waals surface area contributed by atoms with Gasteiger partial charge in [-0.3, -0.25) is 0 Å². The Bertz CT molecular complexity index is 154. The van der Waals surface area contributed by atoms with Crippen molar-refractivity contribution in [3.63, 3.8) is 0 Å². The molecule has 0 rings (SSSR count). The van der Waals surface area contributed by atoms with Crippen molar-refractivity contribution in [2.45, 2.75) is 48.0 Å². The largest absolute Gasteiger partial charge is 0.358 e. The average molecular weight is 360 g/mol. The summed E-state index contributed by atoms with van der Waals surface area (Å²) in [5, 5.41) is 0. The molecular weight excluding hydrogens is 334 g/mol. The Kier molecular flexibility index (Phi) is 17.0. The molecule has 0 N–H and O–H groups in total. The Labute approximate surface area is 148 Å².